The smallest absolute Gasteiger partial charge is 0.399 e. The standard InChI is InChI=1S/C22H23F3N8O/c1-12-9-34-4-3-32(12)18-8-17-19(27-10-28-20(17)33-11-29-31-21(18)33)30-13(2)14-5-15(22(23,24)25)7-16(26)6-14/h5-8,10-13H,3-4,9,26H2,1-2H3,(H,27,28,30)/t12-,13+/m0/s1. The van der Waals surface area contributed by atoms with Gasteiger partial charge in [-0.3, -0.25) is 4.40 Å². The number of halogens is 3. The van der Waals surface area contributed by atoms with Gasteiger partial charge in [-0.2, -0.15) is 13.2 Å². The number of nitrogen functional groups attached to an aromatic ring is 1. The van der Waals surface area contributed by atoms with Gasteiger partial charge in [0.2, 0.25) is 0 Å². The molecule has 1 aromatic carbocycles. The summed E-state index contributed by atoms with van der Waals surface area (Å²) in [6, 6.07) is 5.10. The predicted molar refractivity (Wildman–Crippen MR) is 122 cm³/mol. The van der Waals surface area contributed by atoms with Crippen molar-refractivity contribution in [2.45, 2.75) is 32.1 Å². The van der Waals surface area contributed by atoms with E-state index >= 15 is 0 Å². The number of benzene rings is 1. The topological polar surface area (TPSA) is 106 Å². The largest absolute Gasteiger partial charge is 0.416 e. The number of hydrogen-bond acceptors (Lipinski definition) is 8. The van der Waals surface area contributed by atoms with Crippen molar-refractivity contribution in [1.82, 2.24) is 24.6 Å². The first-order valence-electron chi connectivity index (χ1n) is 10.8. The van der Waals surface area contributed by atoms with E-state index in [1.807, 2.05) is 6.07 Å². The Hall–Kier alpha value is -3.67. The van der Waals surface area contributed by atoms with Crippen molar-refractivity contribution in [3.05, 3.63) is 48.0 Å². The van der Waals surface area contributed by atoms with E-state index in [1.165, 1.54) is 12.4 Å². The van der Waals surface area contributed by atoms with E-state index in [1.54, 1.807) is 17.7 Å². The Kier molecular flexibility index (Phi) is 5.39. The van der Waals surface area contributed by atoms with Crippen LogP contribution in [0, 0.1) is 0 Å². The molecule has 0 radical (unpaired) electrons. The fraction of sp³-hybridized carbons (Fsp3) is 0.364. The summed E-state index contributed by atoms with van der Waals surface area (Å²) in [7, 11) is 0. The van der Waals surface area contributed by atoms with Crippen molar-refractivity contribution in [1.29, 1.82) is 0 Å². The summed E-state index contributed by atoms with van der Waals surface area (Å²) >= 11 is 0. The molecule has 34 heavy (non-hydrogen) atoms. The van der Waals surface area contributed by atoms with Crippen molar-refractivity contribution in [2.24, 2.45) is 0 Å². The van der Waals surface area contributed by atoms with E-state index in [2.05, 4.69) is 37.3 Å². The number of rotatable bonds is 4. The SMILES string of the molecule is C[C@@H](Nc1ncnc2c1cc(N1CCOC[C@@H]1C)c1nncn12)c1cc(N)cc(C(F)(F)F)c1. The zero-order valence-electron chi connectivity index (χ0n) is 18.5. The number of nitrogens with one attached hydrogen (secondary N) is 1. The molecule has 12 heteroatoms. The molecule has 0 saturated carbocycles. The third-order valence-corrected chi connectivity index (χ3v) is 5.98. The highest BCUT2D eigenvalue weighted by atomic mass is 19.4. The van der Waals surface area contributed by atoms with Gasteiger partial charge in [-0.25, -0.2) is 9.97 Å². The summed E-state index contributed by atoms with van der Waals surface area (Å²) in [5.74, 6) is 0.478. The Labute approximate surface area is 192 Å². The molecule has 3 N–H and O–H groups in total. The molecule has 0 bridgehead atoms. The Morgan fingerprint density at radius 2 is 2.00 bits per heavy atom. The van der Waals surface area contributed by atoms with E-state index < -0.39 is 17.8 Å². The maximum atomic E-state index is 13.3. The minimum Gasteiger partial charge on any atom is -0.399 e. The molecule has 1 saturated heterocycles. The number of hydrogen-bond donors (Lipinski definition) is 2. The second-order valence-electron chi connectivity index (χ2n) is 8.38. The molecule has 9 nitrogen and oxygen atoms in total. The molecule has 0 aliphatic carbocycles. The van der Waals surface area contributed by atoms with Gasteiger partial charge in [-0.15, -0.1) is 10.2 Å². The second kappa shape index (κ2) is 8.28. The summed E-state index contributed by atoms with van der Waals surface area (Å²) in [6.07, 6.45) is -1.51. The predicted octanol–water partition coefficient (Wildman–Crippen LogP) is 3.67. The first-order valence-corrected chi connectivity index (χ1v) is 10.8. The number of aromatic nitrogens is 5. The van der Waals surface area contributed by atoms with E-state index in [0.717, 1.165) is 17.8 Å². The molecule has 4 heterocycles. The monoisotopic (exact) mass is 472 g/mol. The molecule has 1 aliphatic rings. The van der Waals surface area contributed by atoms with Crippen LogP contribution < -0.4 is 16.0 Å². The van der Waals surface area contributed by atoms with Gasteiger partial charge in [0.15, 0.2) is 11.3 Å². The number of pyridine rings is 1. The third-order valence-electron chi connectivity index (χ3n) is 5.98. The first-order chi connectivity index (χ1) is 16.2. The van der Waals surface area contributed by atoms with Crippen LogP contribution in [0.3, 0.4) is 0 Å². The van der Waals surface area contributed by atoms with Gasteiger partial charge in [-0.05, 0) is 43.7 Å². The molecule has 0 amide bonds. The quantitative estimate of drug-likeness (QED) is 0.434. The number of alkyl halides is 3. The molecule has 1 fully saturated rings. The fourth-order valence-electron chi connectivity index (χ4n) is 4.27. The fourth-order valence-corrected chi connectivity index (χ4v) is 4.27. The number of ether oxygens (including phenoxy) is 1. The summed E-state index contributed by atoms with van der Waals surface area (Å²) in [6.45, 7) is 5.68. The molecule has 2 atom stereocenters. The highest BCUT2D eigenvalue weighted by Crippen LogP contribution is 2.35. The van der Waals surface area contributed by atoms with Gasteiger partial charge in [0.1, 0.15) is 18.5 Å². The molecule has 3 aromatic heterocycles. The van der Waals surface area contributed by atoms with Crippen LogP contribution in [-0.2, 0) is 10.9 Å². The Bertz CT molecular complexity index is 1360. The Morgan fingerprint density at radius 1 is 1.18 bits per heavy atom. The maximum Gasteiger partial charge on any atom is 0.416 e. The lowest BCUT2D eigenvalue weighted by Gasteiger charge is -2.35. The maximum absolute atomic E-state index is 13.3. The Morgan fingerprint density at radius 3 is 2.76 bits per heavy atom. The van der Waals surface area contributed by atoms with Crippen molar-refractivity contribution in [3.63, 3.8) is 0 Å². The average Bonchev–Trinajstić information content (AvgIpc) is 3.29. The number of nitrogens with zero attached hydrogens (tertiary/aromatic N) is 6. The molecular weight excluding hydrogens is 449 g/mol. The molecule has 0 spiro atoms. The van der Waals surface area contributed by atoms with Crippen LogP contribution in [0.2, 0.25) is 0 Å². The molecule has 1 aliphatic heterocycles. The van der Waals surface area contributed by atoms with Crippen LogP contribution in [0.15, 0.2) is 36.9 Å². The number of nitrogens with two attached hydrogens (primary N) is 1. The van der Waals surface area contributed by atoms with E-state index in [-0.39, 0.29) is 11.7 Å². The van der Waals surface area contributed by atoms with Crippen LogP contribution in [-0.4, -0.2) is 50.4 Å². The number of anilines is 3. The zero-order valence-corrected chi connectivity index (χ0v) is 18.5. The van der Waals surface area contributed by atoms with Gasteiger partial charge >= 0.3 is 6.18 Å². The summed E-state index contributed by atoms with van der Waals surface area (Å²) < 4.78 is 47.2. The van der Waals surface area contributed by atoms with Crippen LogP contribution in [0.5, 0.6) is 0 Å². The van der Waals surface area contributed by atoms with Gasteiger partial charge in [-0.1, -0.05) is 0 Å². The Balaban J connectivity index is 1.58. The summed E-state index contributed by atoms with van der Waals surface area (Å²) in [5, 5.41) is 12.3. The molecule has 0 unspecified atom stereocenters. The van der Waals surface area contributed by atoms with Crippen molar-refractivity contribution in [3.8, 4) is 0 Å². The normalized spacial score (nSPS) is 17.9. The van der Waals surface area contributed by atoms with Crippen molar-refractivity contribution >= 4 is 33.9 Å². The van der Waals surface area contributed by atoms with Gasteiger partial charge in [0.25, 0.3) is 0 Å². The molecule has 4 aromatic rings. The summed E-state index contributed by atoms with van der Waals surface area (Å²) in [5.41, 5.74) is 7.50. The second-order valence-corrected chi connectivity index (χ2v) is 8.38. The average molecular weight is 472 g/mol. The lowest BCUT2D eigenvalue weighted by atomic mass is 10.0. The highest BCUT2D eigenvalue weighted by molar-refractivity contribution is 5.94. The lowest BCUT2D eigenvalue weighted by Crippen LogP contribution is -2.44. The molecule has 178 valence electrons. The molecular formula is C22H23F3N8O. The highest BCUT2D eigenvalue weighted by Gasteiger charge is 2.31. The minimum absolute atomic E-state index is 0.0424. The van der Waals surface area contributed by atoms with Crippen molar-refractivity contribution < 1.29 is 17.9 Å². The van der Waals surface area contributed by atoms with Gasteiger partial charge < -0.3 is 20.7 Å². The van der Waals surface area contributed by atoms with E-state index in [9.17, 15) is 13.2 Å². The van der Waals surface area contributed by atoms with Crippen LogP contribution >= 0.6 is 0 Å². The lowest BCUT2D eigenvalue weighted by molar-refractivity contribution is -0.137. The molecule has 5 rings (SSSR count). The van der Waals surface area contributed by atoms with Crippen LogP contribution in [0.25, 0.3) is 16.7 Å². The van der Waals surface area contributed by atoms with Crippen LogP contribution in [0.1, 0.15) is 31.0 Å². The third kappa shape index (κ3) is 3.94. The van der Waals surface area contributed by atoms with E-state index in [0.29, 0.717) is 47.8 Å². The van der Waals surface area contributed by atoms with Gasteiger partial charge in [0, 0.05) is 18.3 Å². The van der Waals surface area contributed by atoms with E-state index in [4.69, 9.17) is 10.5 Å². The zero-order chi connectivity index (χ0) is 24.0. The first kappa shape index (κ1) is 22.1. The van der Waals surface area contributed by atoms with Gasteiger partial charge in [0.05, 0.1) is 35.9 Å². The number of fused-ring (bicyclic) bond motifs is 3. The number of morpholine rings is 1. The summed E-state index contributed by atoms with van der Waals surface area (Å²) in [4.78, 5) is 11.0. The van der Waals surface area contributed by atoms with Crippen LogP contribution in [0.4, 0.5) is 30.4 Å². The van der Waals surface area contributed by atoms with Crippen molar-refractivity contribution in [2.75, 3.05) is 35.7 Å². The minimum atomic E-state index is -4.49.